The van der Waals surface area contributed by atoms with Gasteiger partial charge in [-0.2, -0.15) is 0 Å². The Hall–Kier alpha value is -1.03. The van der Waals surface area contributed by atoms with Gasteiger partial charge >= 0.3 is 5.97 Å². The highest BCUT2D eigenvalue weighted by molar-refractivity contribution is 6.33. The van der Waals surface area contributed by atoms with E-state index in [0.717, 1.165) is 0 Å². The van der Waals surface area contributed by atoms with Gasteiger partial charge in [-0.25, -0.2) is 4.79 Å². The van der Waals surface area contributed by atoms with Crippen molar-refractivity contribution < 1.29 is 14.1 Å². The number of esters is 1. The molecule has 0 atom stereocenters. The fourth-order valence-electron chi connectivity index (χ4n) is 0.578. The first-order chi connectivity index (χ1) is 5.16. The number of nitrogens with zero attached hydrogens (tertiary/aromatic N) is 1. The summed E-state index contributed by atoms with van der Waals surface area (Å²) in [5.74, 6) is -0.665. The molecule has 0 spiro atoms. The molecule has 11 heavy (non-hydrogen) atoms. The third-order valence-electron chi connectivity index (χ3n) is 1.16. The van der Waals surface area contributed by atoms with Gasteiger partial charge in [-0.3, -0.25) is 0 Å². The quantitative estimate of drug-likeness (QED) is 0.606. The number of hydrogen-bond acceptors (Lipinski definition) is 4. The SMILES string of the molecule is COC(=O)c1onc(C)c1Cl. The molecule has 0 amide bonds. The number of hydrogen-bond donors (Lipinski definition) is 0. The molecule has 0 fully saturated rings. The van der Waals surface area contributed by atoms with Crippen LogP contribution in [0.15, 0.2) is 4.52 Å². The maximum absolute atomic E-state index is 10.8. The van der Waals surface area contributed by atoms with Crippen LogP contribution in [0.2, 0.25) is 5.02 Å². The number of halogens is 1. The summed E-state index contributed by atoms with van der Waals surface area (Å²) in [5.41, 5.74) is 0.479. The van der Waals surface area contributed by atoms with Gasteiger partial charge in [0.25, 0.3) is 5.76 Å². The van der Waals surface area contributed by atoms with Crippen LogP contribution in [0.5, 0.6) is 0 Å². The molecule has 1 heterocycles. The van der Waals surface area contributed by atoms with Crippen molar-refractivity contribution in [1.82, 2.24) is 5.16 Å². The van der Waals surface area contributed by atoms with E-state index in [9.17, 15) is 4.79 Å². The maximum atomic E-state index is 10.8. The monoisotopic (exact) mass is 175 g/mol. The van der Waals surface area contributed by atoms with Gasteiger partial charge in [0.2, 0.25) is 0 Å². The Morgan fingerprint density at radius 2 is 2.36 bits per heavy atom. The van der Waals surface area contributed by atoms with Crippen molar-refractivity contribution in [2.45, 2.75) is 6.92 Å². The number of methoxy groups -OCH3 is 1. The number of rotatable bonds is 1. The lowest BCUT2D eigenvalue weighted by Crippen LogP contribution is -1.99. The molecule has 0 bridgehead atoms. The molecule has 0 N–H and O–H groups in total. The van der Waals surface area contributed by atoms with Crippen molar-refractivity contribution in [3.05, 3.63) is 16.5 Å². The first-order valence-corrected chi connectivity index (χ1v) is 3.24. The highest BCUT2D eigenvalue weighted by Crippen LogP contribution is 2.19. The van der Waals surface area contributed by atoms with E-state index in [4.69, 9.17) is 11.6 Å². The lowest BCUT2D eigenvalue weighted by atomic mass is 10.4. The molecule has 0 saturated heterocycles. The summed E-state index contributed by atoms with van der Waals surface area (Å²) in [6.45, 7) is 1.64. The van der Waals surface area contributed by atoms with E-state index in [0.29, 0.717) is 5.69 Å². The van der Waals surface area contributed by atoms with Crippen molar-refractivity contribution in [3.63, 3.8) is 0 Å². The van der Waals surface area contributed by atoms with Crippen LogP contribution in [0.25, 0.3) is 0 Å². The van der Waals surface area contributed by atoms with E-state index in [1.807, 2.05) is 0 Å². The molecule has 4 nitrogen and oxygen atoms in total. The first-order valence-electron chi connectivity index (χ1n) is 2.87. The van der Waals surface area contributed by atoms with E-state index >= 15 is 0 Å². The van der Waals surface area contributed by atoms with E-state index in [1.165, 1.54) is 7.11 Å². The largest absolute Gasteiger partial charge is 0.463 e. The fourth-order valence-corrected chi connectivity index (χ4v) is 0.724. The van der Waals surface area contributed by atoms with E-state index in [2.05, 4.69) is 14.4 Å². The van der Waals surface area contributed by atoms with Crippen LogP contribution in [0, 0.1) is 6.92 Å². The average Bonchev–Trinajstić information content (AvgIpc) is 2.32. The Morgan fingerprint density at radius 3 is 2.73 bits per heavy atom. The molecule has 0 aliphatic rings. The van der Waals surface area contributed by atoms with Gasteiger partial charge in [0.1, 0.15) is 10.7 Å². The molecule has 0 unspecified atom stereocenters. The van der Waals surface area contributed by atoms with E-state index < -0.39 is 5.97 Å². The van der Waals surface area contributed by atoms with Gasteiger partial charge in [-0.15, -0.1) is 0 Å². The highest BCUT2D eigenvalue weighted by Gasteiger charge is 2.18. The summed E-state index contributed by atoms with van der Waals surface area (Å²) in [4.78, 5) is 10.8. The third-order valence-corrected chi connectivity index (χ3v) is 1.61. The first kappa shape index (κ1) is 8.07. The minimum atomic E-state index is -0.615. The van der Waals surface area contributed by atoms with E-state index in [1.54, 1.807) is 6.92 Å². The summed E-state index contributed by atoms with van der Waals surface area (Å²) in [6.07, 6.45) is 0. The zero-order valence-corrected chi connectivity index (χ0v) is 6.81. The number of aryl methyl sites for hydroxylation is 1. The van der Waals surface area contributed by atoms with Crippen LogP contribution < -0.4 is 0 Å². The number of carbonyl (C=O) groups is 1. The molecule has 1 aromatic rings. The second-order valence-electron chi connectivity index (χ2n) is 1.90. The Morgan fingerprint density at radius 1 is 1.73 bits per heavy atom. The molecular formula is C6H6ClNO3. The molecule has 60 valence electrons. The summed E-state index contributed by atoms with van der Waals surface area (Å²) in [6, 6.07) is 0. The molecule has 0 aromatic carbocycles. The Labute approximate surface area is 68.1 Å². The minimum absolute atomic E-state index is 0.0494. The van der Waals surface area contributed by atoms with Crippen LogP contribution in [0.4, 0.5) is 0 Å². The Balaban J connectivity index is 3.04. The molecule has 0 saturated carbocycles. The normalized spacial score (nSPS) is 9.73. The van der Waals surface area contributed by atoms with Crippen molar-refractivity contribution in [2.24, 2.45) is 0 Å². The maximum Gasteiger partial charge on any atom is 0.378 e. The van der Waals surface area contributed by atoms with Crippen LogP contribution >= 0.6 is 11.6 Å². The van der Waals surface area contributed by atoms with Crippen LogP contribution in [-0.2, 0) is 4.74 Å². The Bertz CT molecular complexity index is 281. The zero-order valence-electron chi connectivity index (χ0n) is 6.05. The molecule has 0 aliphatic heterocycles. The lowest BCUT2D eigenvalue weighted by Gasteiger charge is -1.91. The summed E-state index contributed by atoms with van der Waals surface area (Å²) < 4.78 is 8.96. The number of carbonyl (C=O) groups excluding carboxylic acids is 1. The van der Waals surface area contributed by atoms with Gasteiger partial charge < -0.3 is 9.26 Å². The highest BCUT2D eigenvalue weighted by atomic mass is 35.5. The fraction of sp³-hybridized carbons (Fsp3) is 0.333. The van der Waals surface area contributed by atoms with Gasteiger partial charge in [-0.1, -0.05) is 16.8 Å². The van der Waals surface area contributed by atoms with Gasteiger partial charge in [0.15, 0.2) is 0 Å². The van der Waals surface area contributed by atoms with Crippen molar-refractivity contribution >= 4 is 17.6 Å². The van der Waals surface area contributed by atoms with Crippen molar-refractivity contribution in [1.29, 1.82) is 0 Å². The second kappa shape index (κ2) is 2.92. The number of aromatic nitrogens is 1. The van der Waals surface area contributed by atoms with Crippen molar-refractivity contribution in [2.75, 3.05) is 7.11 Å². The predicted octanol–water partition coefficient (Wildman–Crippen LogP) is 1.42. The van der Waals surface area contributed by atoms with Gasteiger partial charge in [0, 0.05) is 0 Å². The van der Waals surface area contributed by atoms with Gasteiger partial charge in [-0.05, 0) is 6.92 Å². The van der Waals surface area contributed by atoms with Crippen LogP contribution in [0.3, 0.4) is 0 Å². The molecular weight excluding hydrogens is 170 g/mol. The molecule has 0 radical (unpaired) electrons. The Kier molecular flexibility index (Phi) is 2.14. The summed E-state index contributed by atoms with van der Waals surface area (Å²) in [5, 5.41) is 3.68. The standard InChI is InChI=1S/C6H6ClNO3/c1-3-4(7)5(11-8-3)6(9)10-2/h1-2H3. The topological polar surface area (TPSA) is 52.3 Å². The third kappa shape index (κ3) is 1.35. The van der Waals surface area contributed by atoms with Crippen molar-refractivity contribution in [3.8, 4) is 0 Å². The predicted molar refractivity (Wildman–Crippen MR) is 37.6 cm³/mol. The number of ether oxygens (including phenoxy) is 1. The molecule has 0 aliphatic carbocycles. The summed E-state index contributed by atoms with van der Waals surface area (Å²) in [7, 11) is 1.25. The molecule has 5 heteroatoms. The van der Waals surface area contributed by atoms with Crippen LogP contribution in [-0.4, -0.2) is 18.2 Å². The smallest absolute Gasteiger partial charge is 0.378 e. The average molecular weight is 176 g/mol. The summed E-state index contributed by atoms with van der Waals surface area (Å²) >= 11 is 5.63. The molecule has 1 aromatic heterocycles. The minimum Gasteiger partial charge on any atom is -0.463 e. The lowest BCUT2D eigenvalue weighted by molar-refractivity contribution is 0.0555. The van der Waals surface area contributed by atoms with Crippen LogP contribution in [0.1, 0.15) is 16.2 Å². The second-order valence-corrected chi connectivity index (χ2v) is 2.28. The zero-order chi connectivity index (χ0) is 8.43. The van der Waals surface area contributed by atoms with E-state index in [-0.39, 0.29) is 10.8 Å². The molecule has 1 rings (SSSR count). The van der Waals surface area contributed by atoms with Gasteiger partial charge in [0.05, 0.1) is 7.11 Å².